The molecule has 0 aliphatic carbocycles. The fourth-order valence-corrected chi connectivity index (χ4v) is 4.07. The van der Waals surface area contributed by atoms with Gasteiger partial charge in [-0.05, 0) is 35.9 Å². The van der Waals surface area contributed by atoms with Crippen LogP contribution in [0.15, 0.2) is 72.4 Å². The summed E-state index contributed by atoms with van der Waals surface area (Å²) in [5.41, 5.74) is 3.02. The van der Waals surface area contributed by atoms with E-state index >= 15 is 0 Å². The summed E-state index contributed by atoms with van der Waals surface area (Å²) in [6, 6.07) is 16.6. The van der Waals surface area contributed by atoms with Gasteiger partial charge < -0.3 is 10.1 Å². The van der Waals surface area contributed by atoms with E-state index in [1.54, 1.807) is 29.9 Å². The summed E-state index contributed by atoms with van der Waals surface area (Å²) in [6.07, 6.45) is 3.41. The Hall–Kier alpha value is -2.93. The van der Waals surface area contributed by atoms with Gasteiger partial charge in [-0.15, -0.1) is 11.3 Å². The maximum absolute atomic E-state index is 12.4. The maximum atomic E-state index is 12.4. The van der Waals surface area contributed by atoms with Gasteiger partial charge in [0.2, 0.25) is 0 Å². The molecule has 0 saturated carbocycles. The van der Waals surface area contributed by atoms with Gasteiger partial charge in [0.15, 0.2) is 0 Å². The number of hydrogen-bond donors (Lipinski definition) is 1. The van der Waals surface area contributed by atoms with Crippen LogP contribution in [0.3, 0.4) is 0 Å². The zero-order valence-corrected chi connectivity index (χ0v) is 18.5. The number of carbonyl (C=O) groups excluding carboxylic acids is 1. The van der Waals surface area contributed by atoms with Crippen LogP contribution in [-0.4, -0.2) is 15.9 Å². The maximum Gasteiger partial charge on any atom is 0.271 e. The van der Waals surface area contributed by atoms with Crippen molar-refractivity contribution in [1.82, 2.24) is 15.3 Å². The first-order chi connectivity index (χ1) is 15.1. The Morgan fingerprint density at radius 2 is 2.00 bits per heavy atom. The van der Waals surface area contributed by atoms with Crippen LogP contribution < -0.4 is 10.1 Å². The van der Waals surface area contributed by atoms with E-state index in [1.165, 1.54) is 11.3 Å². The molecule has 0 saturated heterocycles. The monoisotopic (exact) mass is 469 g/mol. The SMILES string of the molecule is O=C(NCc1cccnc1)c1csc(-c2cccc(OCc3ccc(Cl)cc3Cl)c2)n1. The zero-order valence-electron chi connectivity index (χ0n) is 16.2. The third kappa shape index (κ3) is 5.61. The van der Waals surface area contributed by atoms with Crippen molar-refractivity contribution in [2.45, 2.75) is 13.2 Å². The van der Waals surface area contributed by atoms with Crippen molar-refractivity contribution in [2.75, 3.05) is 0 Å². The van der Waals surface area contributed by atoms with Gasteiger partial charge in [0.05, 0.1) is 0 Å². The van der Waals surface area contributed by atoms with Crippen molar-refractivity contribution in [2.24, 2.45) is 0 Å². The molecule has 0 fully saturated rings. The standard InChI is InChI=1S/C23H17Cl2N3O2S/c24-18-7-6-17(20(25)10-18)13-30-19-5-1-4-16(9-19)23-28-21(14-31-23)22(29)27-12-15-3-2-8-26-11-15/h1-11,14H,12-13H2,(H,27,29). The molecule has 0 aliphatic rings. The molecule has 31 heavy (non-hydrogen) atoms. The molecule has 0 atom stereocenters. The van der Waals surface area contributed by atoms with Gasteiger partial charge in [-0.2, -0.15) is 0 Å². The molecule has 0 aliphatic heterocycles. The summed E-state index contributed by atoms with van der Waals surface area (Å²) in [4.78, 5) is 20.9. The van der Waals surface area contributed by atoms with Gasteiger partial charge in [0, 0.05) is 45.5 Å². The Balaban J connectivity index is 1.41. The highest BCUT2D eigenvalue weighted by atomic mass is 35.5. The second-order valence-electron chi connectivity index (χ2n) is 6.63. The highest BCUT2D eigenvalue weighted by Crippen LogP contribution is 2.28. The van der Waals surface area contributed by atoms with Gasteiger partial charge in [-0.1, -0.05) is 47.5 Å². The Morgan fingerprint density at radius 3 is 2.81 bits per heavy atom. The van der Waals surface area contributed by atoms with Crippen molar-refractivity contribution in [3.63, 3.8) is 0 Å². The van der Waals surface area contributed by atoms with Crippen LogP contribution in [0, 0.1) is 0 Å². The number of carbonyl (C=O) groups is 1. The van der Waals surface area contributed by atoms with E-state index in [0.717, 1.165) is 21.7 Å². The van der Waals surface area contributed by atoms with Gasteiger partial charge in [-0.3, -0.25) is 9.78 Å². The zero-order chi connectivity index (χ0) is 21.6. The Labute approximate surface area is 193 Å². The minimum atomic E-state index is -0.226. The first kappa shape index (κ1) is 21.3. The molecule has 5 nitrogen and oxygen atoms in total. The molecule has 2 aromatic carbocycles. The average molecular weight is 470 g/mol. The van der Waals surface area contributed by atoms with Crippen LogP contribution in [0.25, 0.3) is 10.6 Å². The van der Waals surface area contributed by atoms with Crippen LogP contribution in [0.4, 0.5) is 0 Å². The van der Waals surface area contributed by atoms with E-state index in [2.05, 4.69) is 15.3 Å². The highest BCUT2D eigenvalue weighted by molar-refractivity contribution is 7.13. The van der Waals surface area contributed by atoms with Gasteiger partial charge >= 0.3 is 0 Å². The molecule has 8 heteroatoms. The number of rotatable bonds is 7. The van der Waals surface area contributed by atoms with Crippen LogP contribution in [-0.2, 0) is 13.2 Å². The summed E-state index contributed by atoms with van der Waals surface area (Å²) in [6.45, 7) is 0.718. The lowest BCUT2D eigenvalue weighted by atomic mass is 10.2. The molecule has 4 aromatic rings. The third-order valence-corrected chi connectivity index (χ3v) is 5.88. The summed E-state index contributed by atoms with van der Waals surface area (Å²) in [5.74, 6) is 0.456. The number of aromatic nitrogens is 2. The number of thiazole rings is 1. The summed E-state index contributed by atoms with van der Waals surface area (Å²) < 4.78 is 5.88. The lowest BCUT2D eigenvalue weighted by Gasteiger charge is -2.09. The third-order valence-electron chi connectivity index (χ3n) is 4.40. The number of benzene rings is 2. The van der Waals surface area contributed by atoms with Crippen molar-refractivity contribution in [3.05, 3.63) is 99.2 Å². The summed E-state index contributed by atoms with van der Waals surface area (Å²) >= 11 is 13.5. The lowest BCUT2D eigenvalue weighted by molar-refractivity contribution is 0.0946. The van der Waals surface area contributed by atoms with E-state index < -0.39 is 0 Å². The fraction of sp³-hybridized carbons (Fsp3) is 0.0870. The van der Waals surface area contributed by atoms with E-state index in [-0.39, 0.29) is 5.91 Å². The molecular formula is C23H17Cl2N3O2S. The minimum Gasteiger partial charge on any atom is -0.489 e. The quantitative estimate of drug-likeness (QED) is 0.359. The molecule has 0 bridgehead atoms. The molecular weight excluding hydrogens is 453 g/mol. The largest absolute Gasteiger partial charge is 0.489 e. The molecule has 1 amide bonds. The number of amides is 1. The predicted molar refractivity (Wildman–Crippen MR) is 124 cm³/mol. The molecule has 2 aromatic heterocycles. The number of hydrogen-bond acceptors (Lipinski definition) is 5. The molecule has 2 heterocycles. The molecule has 1 N–H and O–H groups in total. The minimum absolute atomic E-state index is 0.226. The van der Waals surface area contributed by atoms with Crippen LogP contribution in [0.2, 0.25) is 10.0 Å². The first-order valence-corrected chi connectivity index (χ1v) is 11.0. The van der Waals surface area contributed by atoms with Gasteiger partial charge in [-0.25, -0.2) is 4.98 Å². The first-order valence-electron chi connectivity index (χ1n) is 9.38. The second-order valence-corrected chi connectivity index (χ2v) is 8.34. The van der Waals surface area contributed by atoms with Crippen molar-refractivity contribution in [3.8, 4) is 16.3 Å². The van der Waals surface area contributed by atoms with E-state index in [1.807, 2.05) is 42.5 Å². The smallest absolute Gasteiger partial charge is 0.271 e. The van der Waals surface area contributed by atoms with Crippen LogP contribution in [0.5, 0.6) is 5.75 Å². The van der Waals surface area contributed by atoms with E-state index in [4.69, 9.17) is 27.9 Å². The number of halogens is 2. The van der Waals surface area contributed by atoms with Crippen LogP contribution in [0.1, 0.15) is 21.6 Å². The number of ether oxygens (including phenoxy) is 1. The Bertz CT molecular complexity index is 1200. The molecule has 0 radical (unpaired) electrons. The number of nitrogens with one attached hydrogen (secondary N) is 1. The van der Waals surface area contributed by atoms with E-state index in [9.17, 15) is 4.79 Å². The van der Waals surface area contributed by atoms with Crippen molar-refractivity contribution in [1.29, 1.82) is 0 Å². The highest BCUT2D eigenvalue weighted by Gasteiger charge is 2.12. The average Bonchev–Trinajstić information content (AvgIpc) is 3.28. The van der Waals surface area contributed by atoms with E-state index in [0.29, 0.717) is 34.6 Å². The molecule has 156 valence electrons. The summed E-state index contributed by atoms with van der Waals surface area (Å²) in [5, 5.41) is 6.48. The second kappa shape index (κ2) is 9.92. The van der Waals surface area contributed by atoms with Crippen molar-refractivity contribution >= 4 is 40.4 Å². The molecule has 0 spiro atoms. The number of nitrogens with zero attached hydrogens (tertiary/aromatic N) is 2. The molecule has 0 unspecified atom stereocenters. The number of pyridine rings is 1. The normalized spacial score (nSPS) is 10.6. The summed E-state index contributed by atoms with van der Waals surface area (Å²) in [7, 11) is 0. The fourth-order valence-electron chi connectivity index (χ4n) is 2.80. The Morgan fingerprint density at radius 1 is 1.10 bits per heavy atom. The molecule has 4 rings (SSSR count). The Kier molecular flexibility index (Phi) is 6.82. The van der Waals surface area contributed by atoms with Crippen molar-refractivity contribution < 1.29 is 9.53 Å². The van der Waals surface area contributed by atoms with Gasteiger partial charge in [0.25, 0.3) is 5.91 Å². The van der Waals surface area contributed by atoms with Gasteiger partial charge in [0.1, 0.15) is 23.1 Å². The topological polar surface area (TPSA) is 64.1 Å². The van der Waals surface area contributed by atoms with Crippen LogP contribution >= 0.6 is 34.5 Å². The predicted octanol–water partition coefficient (Wildman–Crippen LogP) is 6.02. The lowest BCUT2D eigenvalue weighted by Crippen LogP contribution is -2.23.